The lowest BCUT2D eigenvalue weighted by atomic mass is 9.90. The second kappa shape index (κ2) is 12.4. The van der Waals surface area contributed by atoms with Crippen molar-refractivity contribution in [3.8, 4) is 5.75 Å². The van der Waals surface area contributed by atoms with E-state index in [2.05, 4.69) is 0 Å². The third-order valence-electron chi connectivity index (χ3n) is 6.29. The molecule has 8 heteroatoms. The zero-order chi connectivity index (χ0) is 25.7. The Labute approximate surface area is 220 Å². The fourth-order valence-electron chi connectivity index (χ4n) is 4.31. The monoisotopic (exact) mass is 530 g/mol. The molecule has 4 rings (SSSR count). The van der Waals surface area contributed by atoms with E-state index in [-0.39, 0.29) is 6.61 Å². The van der Waals surface area contributed by atoms with Crippen molar-refractivity contribution in [2.45, 2.75) is 55.4 Å². The van der Waals surface area contributed by atoms with Crippen LogP contribution in [0.25, 0.3) is 0 Å². The Hall–Kier alpha value is -2.10. The number of ether oxygens (including phenoxy) is 2. The van der Waals surface area contributed by atoms with Crippen LogP contribution in [-0.2, 0) is 17.8 Å². The Morgan fingerprint density at radius 3 is 2.39 bits per heavy atom. The van der Waals surface area contributed by atoms with Crippen molar-refractivity contribution in [2.24, 2.45) is 0 Å². The Balaban J connectivity index is 1.51. The molecular weight excluding hydrogens is 500 g/mol. The zero-order valence-corrected chi connectivity index (χ0v) is 21.5. The van der Waals surface area contributed by atoms with Crippen LogP contribution in [0, 0.1) is 0 Å². The quantitative estimate of drug-likeness (QED) is 0.309. The summed E-state index contributed by atoms with van der Waals surface area (Å²) in [5, 5.41) is 42.1. The van der Waals surface area contributed by atoms with E-state index in [4.69, 9.17) is 21.1 Å². The van der Waals surface area contributed by atoms with Crippen LogP contribution in [0.5, 0.6) is 5.75 Å². The summed E-state index contributed by atoms with van der Waals surface area (Å²) < 4.78 is 11.7. The van der Waals surface area contributed by atoms with Crippen LogP contribution >= 0.6 is 23.4 Å². The van der Waals surface area contributed by atoms with Crippen molar-refractivity contribution in [1.82, 2.24) is 0 Å². The zero-order valence-electron chi connectivity index (χ0n) is 20.0. The second-order valence-corrected chi connectivity index (χ2v) is 10.2. The second-order valence-electron chi connectivity index (χ2n) is 8.75. The van der Waals surface area contributed by atoms with Crippen LogP contribution in [0.2, 0.25) is 5.02 Å². The van der Waals surface area contributed by atoms with Gasteiger partial charge in [-0.05, 0) is 59.9 Å². The SMILES string of the molecule is CCOc1ccc(Cc2cc([C@@H]3O[C@H](CSc4ccccc4CO)[C@@H](O)[C@H](O)[C@H]3O)ccc2Cl)cc1. The molecule has 3 aromatic carbocycles. The number of thioether (sulfide) groups is 1. The van der Waals surface area contributed by atoms with Gasteiger partial charge in [-0.15, -0.1) is 11.8 Å². The molecular formula is C28H31ClO6S. The Kier molecular flexibility index (Phi) is 9.30. The number of aliphatic hydroxyl groups excluding tert-OH is 4. The number of hydrogen-bond donors (Lipinski definition) is 4. The van der Waals surface area contributed by atoms with E-state index in [0.29, 0.717) is 29.4 Å². The minimum Gasteiger partial charge on any atom is -0.494 e. The van der Waals surface area contributed by atoms with E-state index in [1.165, 1.54) is 11.8 Å². The minimum atomic E-state index is -1.37. The first kappa shape index (κ1) is 26.9. The molecule has 0 spiro atoms. The van der Waals surface area contributed by atoms with Gasteiger partial charge < -0.3 is 29.9 Å². The highest BCUT2D eigenvalue weighted by Crippen LogP contribution is 2.36. The Bertz CT molecular complexity index is 1140. The highest BCUT2D eigenvalue weighted by molar-refractivity contribution is 7.99. The summed E-state index contributed by atoms with van der Waals surface area (Å²) in [6, 6.07) is 20.7. The first-order valence-corrected chi connectivity index (χ1v) is 13.3. The first-order chi connectivity index (χ1) is 17.4. The fraction of sp³-hybridized carbons (Fsp3) is 0.357. The van der Waals surface area contributed by atoms with Gasteiger partial charge in [-0.2, -0.15) is 0 Å². The molecule has 1 fully saturated rings. The largest absolute Gasteiger partial charge is 0.494 e. The summed E-state index contributed by atoms with van der Waals surface area (Å²) in [6.07, 6.45) is -4.91. The average Bonchev–Trinajstić information content (AvgIpc) is 2.90. The first-order valence-electron chi connectivity index (χ1n) is 11.9. The normalized spacial score (nSPS) is 24.0. The summed E-state index contributed by atoms with van der Waals surface area (Å²) in [4.78, 5) is 0.872. The van der Waals surface area contributed by atoms with E-state index in [1.807, 2.05) is 61.5 Å². The maximum Gasteiger partial charge on any atom is 0.119 e. The van der Waals surface area contributed by atoms with Crippen molar-refractivity contribution in [1.29, 1.82) is 0 Å². The molecule has 4 N–H and O–H groups in total. The van der Waals surface area contributed by atoms with Gasteiger partial charge in [0.25, 0.3) is 0 Å². The number of aliphatic hydroxyl groups is 4. The molecule has 0 aliphatic carbocycles. The molecule has 1 saturated heterocycles. The Morgan fingerprint density at radius 2 is 1.67 bits per heavy atom. The molecule has 0 unspecified atom stereocenters. The number of hydrogen-bond acceptors (Lipinski definition) is 7. The summed E-state index contributed by atoms with van der Waals surface area (Å²) in [7, 11) is 0. The van der Waals surface area contributed by atoms with Gasteiger partial charge in [-0.3, -0.25) is 0 Å². The van der Waals surface area contributed by atoms with Crippen molar-refractivity contribution in [2.75, 3.05) is 12.4 Å². The maximum absolute atomic E-state index is 10.8. The van der Waals surface area contributed by atoms with Crippen LogP contribution < -0.4 is 4.74 Å². The minimum absolute atomic E-state index is 0.0941. The standard InChI is InChI=1S/C28H31ClO6S/c1-2-34-21-10-7-17(8-11-21)13-20-14-18(9-12-22(20)29)28-27(33)26(32)25(31)23(35-28)16-36-24-6-4-3-5-19(24)15-30/h3-12,14,23,25-28,30-33H,2,13,15-16H2,1H3/t23-,25-,26+,27-,28+/m1/s1. The number of halogens is 1. The maximum atomic E-state index is 10.8. The Morgan fingerprint density at radius 1 is 0.917 bits per heavy atom. The van der Waals surface area contributed by atoms with Crippen LogP contribution in [-0.4, -0.2) is 57.2 Å². The highest BCUT2D eigenvalue weighted by Gasteiger charge is 2.44. The summed E-state index contributed by atoms with van der Waals surface area (Å²) >= 11 is 7.91. The molecule has 3 aromatic rings. The third kappa shape index (κ3) is 6.23. The molecule has 1 heterocycles. The van der Waals surface area contributed by atoms with Crippen molar-refractivity contribution >= 4 is 23.4 Å². The molecule has 0 saturated carbocycles. The topological polar surface area (TPSA) is 99.4 Å². The van der Waals surface area contributed by atoms with Crippen LogP contribution in [0.3, 0.4) is 0 Å². The summed E-state index contributed by atoms with van der Waals surface area (Å²) in [5.41, 5.74) is 3.36. The molecule has 6 nitrogen and oxygen atoms in total. The van der Waals surface area contributed by atoms with Crippen molar-refractivity contribution in [3.63, 3.8) is 0 Å². The van der Waals surface area contributed by atoms with Crippen molar-refractivity contribution in [3.05, 3.63) is 94.0 Å². The van der Waals surface area contributed by atoms with Gasteiger partial charge in [-0.1, -0.05) is 54.1 Å². The molecule has 0 amide bonds. The molecule has 5 atom stereocenters. The van der Waals surface area contributed by atoms with E-state index >= 15 is 0 Å². The van der Waals surface area contributed by atoms with Gasteiger partial charge in [0.05, 0.1) is 19.3 Å². The molecule has 36 heavy (non-hydrogen) atoms. The average molecular weight is 531 g/mol. The number of rotatable bonds is 9. The molecule has 1 aliphatic heterocycles. The smallest absolute Gasteiger partial charge is 0.119 e. The van der Waals surface area contributed by atoms with Gasteiger partial charge in [0, 0.05) is 15.7 Å². The lowest BCUT2D eigenvalue weighted by Gasteiger charge is -2.41. The predicted molar refractivity (Wildman–Crippen MR) is 141 cm³/mol. The lowest BCUT2D eigenvalue weighted by Crippen LogP contribution is -2.54. The summed E-state index contributed by atoms with van der Waals surface area (Å²) in [5.74, 6) is 1.14. The van der Waals surface area contributed by atoms with Crippen LogP contribution in [0.15, 0.2) is 71.6 Å². The predicted octanol–water partition coefficient (Wildman–Crippen LogP) is 4.14. The van der Waals surface area contributed by atoms with Crippen molar-refractivity contribution < 1.29 is 29.9 Å². The molecule has 0 radical (unpaired) electrons. The van der Waals surface area contributed by atoms with Gasteiger partial charge >= 0.3 is 0 Å². The lowest BCUT2D eigenvalue weighted by molar-refractivity contribution is -0.218. The molecule has 0 aromatic heterocycles. The molecule has 1 aliphatic rings. The van der Waals surface area contributed by atoms with Crippen LogP contribution in [0.4, 0.5) is 0 Å². The molecule has 0 bridgehead atoms. The van der Waals surface area contributed by atoms with Gasteiger partial charge in [0.15, 0.2) is 0 Å². The fourth-order valence-corrected chi connectivity index (χ4v) is 5.61. The van der Waals surface area contributed by atoms with Gasteiger partial charge in [-0.25, -0.2) is 0 Å². The number of benzene rings is 3. The van der Waals surface area contributed by atoms with Gasteiger partial charge in [0.2, 0.25) is 0 Å². The summed E-state index contributed by atoms with van der Waals surface area (Å²) in [6.45, 7) is 2.45. The highest BCUT2D eigenvalue weighted by atomic mass is 35.5. The van der Waals surface area contributed by atoms with E-state index in [9.17, 15) is 20.4 Å². The van der Waals surface area contributed by atoms with Gasteiger partial charge in [0.1, 0.15) is 30.2 Å². The van der Waals surface area contributed by atoms with E-state index in [0.717, 1.165) is 27.3 Å². The van der Waals surface area contributed by atoms with Crippen LogP contribution in [0.1, 0.15) is 35.3 Å². The van der Waals surface area contributed by atoms with E-state index < -0.39 is 30.5 Å². The third-order valence-corrected chi connectivity index (χ3v) is 7.86. The van der Waals surface area contributed by atoms with E-state index in [1.54, 1.807) is 12.1 Å². The molecule has 192 valence electrons.